The van der Waals surface area contributed by atoms with Gasteiger partial charge < -0.3 is 4.74 Å². The predicted molar refractivity (Wildman–Crippen MR) is 73.2 cm³/mol. The zero-order valence-electron chi connectivity index (χ0n) is 11.9. The average molecular weight is 313 g/mol. The fraction of sp³-hybridized carbons (Fsp3) is 0.385. The predicted octanol–water partition coefficient (Wildman–Crippen LogP) is 1.69. The van der Waals surface area contributed by atoms with Crippen molar-refractivity contribution in [1.82, 2.24) is 4.67 Å². The molecule has 8 heteroatoms. The fourth-order valence-corrected chi connectivity index (χ4v) is 3.51. The molecule has 0 spiro atoms. The lowest BCUT2D eigenvalue weighted by molar-refractivity contribution is -0.167. The second-order valence-corrected chi connectivity index (χ2v) is 6.42. The molecule has 1 fully saturated rings. The van der Waals surface area contributed by atoms with Gasteiger partial charge in [0.05, 0.1) is 6.61 Å². The Labute approximate surface area is 122 Å². The highest BCUT2D eigenvalue weighted by Crippen LogP contribution is 2.62. The molecule has 1 saturated heterocycles. The smallest absolute Gasteiger partial charge is 0.439 e. The first kappa shape index (κ1) is 15.7. The van der Waals surface area contributed by atoms with Crippen LogP contribution in [-0.2, 0) is 33.5 Å². The molecule has 0 aromatic heterocycles. The van der Waals surface area contributed by atoms with Crippen molar-refractivity contribution >= 4 is 19.6 Å². The van der Waals surface area contributed by atoms with Crippen LogP contribution in [-0.4, -0.2) is 37.3 Å². The number of carbonyl (C=O) groups is 2. The average Bonchev–Trinajstić information content (AvgIpc) is 2.71. The van der Waals surface area contributed by atoms with Crippen LogP contribution < -0.4 is 0 Å². The lowest BCUT2D eigenvalue weighted by atomic mass is 9.93. The van der Waals surface area contributed by atoms with Crippen molar-refractivity contribution in [3.8, 4) is 0 Å². The van der Waals surface area contributed by atoms with Gasteiger partial charge in [-0.2, -0.15) is 0 Å². The highest BCUT2D eigenvalue weighted by Gasteiger charge is 2.65. The third kappa shape index (κ3) is 2.27. The Morgan fingerprint density at radius 3 is 2.48 bits per heavy atom. The Morgan fingerprint density at radius 1 is 1.38 bits per heavy atom. The van der Waals surface area contributed by atoms with Crippen LogP contribution in [0.1, 0.15) is 12.5 Å². The van der Waals surface area contributed by atoms with Gasteiger partial charge in [0.25, 0.3) is 11.5 Å². The van der Waals surface area contributed by atoms with Crippen molar-refractivity contribution < 1.29 is 27.9 Å². The van der Waals surface area contributed by atoms with E-state index in [1.807, 2.05) is 0 Å². The molecule has 0 unspecified atom stereocenters. The summed E-state index contributed by atoms with van der Waals surface area (Å²) in [5, 5.41) is 0. The lowest BCUT2D eigenvalue weighted by Gasteiger charge is -2.23. The SMILES string of the molecule is CCOC(=O)[C@]1(c2ccccc2)O[P@@](=O)(OC)N(C)C1=O. The molecule has 2 atom stereocenters. The topological polar surface area (TPSA) is 82.1 Å². The molecule has 1 aliphatic rings. The summed E-state index contributed by atoms with van der Waals surface area (Å²) in [5.74, 6) is -1.69. The Bertz CT molecular complexity index is 604. The van der Waals surface area contributed by atoms with Crippen LogP contribution >= 0.6 is 7.75 Å². The molecule has 114 valence electrons. The molecule has 1 heterocycles. The molecule has 0 saturated carbocycles. The van der Waals surface area contributed by atoms with E-state index in [4.69, 9.17) is 13.8 Å². The maximum Gasteiger partial charge on any atom is 0.439 e. The molecular weight excluding hydrogens is 297 g/mol. The molecule has 7 nitrogen and oxygen atoms in total. The molecule has 0 radical (unpaired) electrons. The van der Waals surface area contributed by atoms with Gasteiger partial charge in [0, 0.05) is 19.7 Å². The molecule has 0 aliphatic carbocycles. The van der Waals surface area contributed by atoms with E-state index in [1.165, 1.54) is 19.2 Å². The van der Waals surface area contributed by atoms with E-state index in [1.54, 1.807) is 25.1 Å². The third-order valence-electron chi connectivity index (χ3n) is 3.19. The van der Waals surface area contributed by atoms with Crippen LogP contribution in [0.2, 0.25) is 0 Å². The summed E-state index contributed by atoms with van der Waals surface area (Å²) >= 11 is 0. The van der Waals surface area contributed by atoms with Crippen molar-refractivity contribution in [2.75, 3.05) is 20.8 Å². The van der Waals surface area contributed by atoms with Gasteiger partial charge in [-0.05, 0) is 6.92 Å². The molecule has 1 aliphatic heterocycles. The Hall–Kier alpha value is -1.69. The van der Waals surface area contributed by atoms with Gasteiger partial charge in [0.1, 0.15) is 0 Å². The lowest BCUT2D eigenvalue weighted by Crippen LogP contribution is -2.45. The normalized spacial score (nSPS) is 28.7. The molecule has 21 heavy (non-hydrogen) atoms. The van der Waals surface area contributed by atoms with E-state index in [-0.39, 0.29) is 12.2 Å². The number of rotatable bonds is 4. The minimum Gasteiger partial charge on any atom is -0.463 e. The zero-order valence-corrected chi connectivity index (χ0v) is 12.8. The number of nitrogens with zero attached hydrogens (tertiary/aromatic N) is 1. The molecule has 1 aromatic rings. The molecule has 1 aromatic carbocycles. The summed E-state index contributed by atoms with van der Waals surface area (Å²) in [7, 11) is -1.47. The van der Waals surface area contributed by atoms with Gasteiger partial charge in [-0.3, -0.25) is 13.8 Å². The minimum absolute atomic E-state index is 0.0606. The summed E-state index contributed by atoms with van der Waals surface area (Å²) < 4.78 is 28.4. The van der Waals surface area contributed by atoms with E-state index in [9.17, 15) is 14.2 Å². The summed E-state index contributed by atoms with van der Waals surface area (Å²) in [5.41, 5.74) is -1.85. The number of hydrogen-bond donors (Lipinski definition) is 0. The molecule has 0 bridgehead atoms. The van der Waals surface area contributed by atoms with Gasteiger partial charge in [0.2, 0.25) is 0 Å². The van der Waals surface area contributed by atoms with Gasteiger partial charge in [-0.1, -0.05) is 30.3 Å². The molecular formula is C13H16NO6P. The van der Waals surface area contributed by atoms with Crippen molar-refractivity contribution in [3.05, 3.63) is 35.9 Å². The number of likely N-dealkylation sites (N-methyl/N-ethyl adjacent to an activating group) is 1. The second kappa shape index (κ2) is 5.60. The van der Waals surface area contributed by atoms with E-state index < -0.39 is 25.2 Å². The van der Waals surface area contributed by atoms with Gasteiger partial charge in [-0.25, -0.2) is 14.0 Å². The quantitative estimate of drug-likeness (QED) is 0.478. The summed E-state index contributed by atoms with van der Waals surface area (Å²) in [4.78, 5) is 24.9. The first-order valence-corrected chi connectivity index (χ1v) is 7.80. The number of amides is 1. The minimum atomic E-state index is -3.88. The second-order valence-electron chi connectivity index (χ2n) is 4.34. The highest BCUT2D eigenvalue weighted by molar-refractivity contribution is 7.52. The van der Waals surface area contributed by atoms with Gasteiger partial charge in [0.15, 0.2) is 0 Å². The summed E-state index contributed by atoms with van der Waals surface area (Å²) in [6.45, 7) is 1.67. The van der Waals surface area contributed by atoms with Crippen molar-refractivity contribution in [2.45, 2.75) is 12.5 Å². The van der Waals surface area contributed by atoms with Gasteiger partial charge in [-0.15, -0.1) is 0 Å². The van der Waals surface area contributed by atoms with Gasteiger partial charge >= 0.3 is 13.7 Å². The Balaban J connectivity index is 2.62. The summed E-state index contributed by atoms with van der Waals surface area (Å²) in [6, 6.07) is 8.08. The third-order valence-corrected chi connectivity index (χ3v) is 5.07. The maximum absolute atomic E-state index is 12.6. The number of benzene rings is 1. The van der Waals surface area contributed by atoms with E-state index >= 15 is 0 Å². The van der Waals surface area contributed by atoms with Crippen molar-refractivity contribution in [3.63, 3.8) is 0 Å². The van der Waals surface area contributed by atoms with Crippen LogP contribution in [0.3, 0.4) is 0 Å². The molecule has 2 rings (SSSR count). The number of hydrogen-bond acceptors (Lipinski definition) is 6. The van der Waals surface area contributed by atoms with E-state index in [0.717, 1.165) is 11.8 Å². The largest absolute Gasteiger partial charge is 0.463 e. The van der Waals surface area contributed by atoms with Crippen LogP contribution in [0.15, 0.2) is 30.3 Å². The zero-order chi connectivity index (χ0) is 15.7. The molecule has 0 N–H and O–H groups in total. The van der Waals surface area contributed by atoms with Crippen molar-refractivity contribution in [2.24, 2.45) is 0 Å². The Kier molecular flexibility index (Phi) is 4.18. The monoisotopic (exact) mass is 313 g/mol. The van der Waals surface area contributed by atoms with Crippen LogP contribution in [0, 0.1) is 0 Å². The first-order chi connectivity index (χ1) is 9.92. The van der Waals surface area contributed by atoms with E-state index in [2.05, 4.69) is 0 Å². The number of carbonyl (C=O) groups excluding carboxylic acids is 2. The van der Waals surface area contributed by atoms with Crippen molar-refractivity contribution in [1.29, 1.82) is 0 Å². The van der Waals surface area contributed by atoms with Crippen LogP contribution in [0.4, 0.5) is 0 Å². The highest BCUT2D eigenvalue weighted by atomic mass is 31.2. The van der Waals surface area contributed by atoms with E-state index in [0.29, 0.717) is 0 Å². The number of ether oxygens (including phenoxy) is 1. The maximum atomic E-state index is 12.6. The van der Waals surface area contributed by atoms with Crippen LogP contribution in [0.25, 0.3) is 0 Å². The standard InChI is InChI=1S/C13H16NO6P/c1-4-19-12(16)13(10-8-6-5-7-9-10)11(15)14(2)21(17,18-3)20-13/h5-9H,4H2,1-3H3/t13-,21+/m1/s1. The fourth-order valence-electron chi connectivity index (χ4n) is 2.10. The summed E-state index contributed by atoms with van der Waals surface area (Å²) in [6.07, 6.45) is 0. The first-order valence-electron chi connectivity index (χ1n) is 6.30. The number of esters is 1. The molecule has 1 amide bonds. The Morgan fingerprint density at radius 2 is 2.00 bits per heavy atom. The van der Waals surface area contributed by atoms with Crippen LogP contribution in [0.5, 0.6) is 0 Å².